The summed E-state index contributed by atoms with van der Waals surface area (Å²) < 4.78 is 10.9. The van der Waals surface area contributed by atoms with Crippen LogP contribution in [0.5, 0.6) is 17.2 Å². The Morgan fingerprint density at radius 2 is 1.48 bits per heavy atom. The van der Waals surface area contributed by atoms with Crippen molar-refractivity contribution in [3.8, 4) is 17.2 Å². The Hall–Kier alpha value is -4.20. The molecule has 3 aromatic rings. The van der Waals surface area contributed by atoms with Gasteiger partial charge in [0.1, 0.15) is 5.75 Å². The number of hydroxylamine groups is 2. The molecule has 8 nitrogen and oxygen atoms in total. The second-order valence-electron chi connectivity index (χ2n) is 5.96. The van der Waals surface area contributed by atoms with Crippen LogP contribution >= 0.6 is 0 Å². The lowest BCUT2D eigenvalue weighted by molar-refractivity contribution is -0.0588. The summed E-state index contributed by atoms with van der Waals surface area (Å²) >= 11 is 0. The molecular weight excluding hydrogens is 376 g/mol. The van der Waals surface area contributed by atoms with Crippen LogP contribution in [0.15, 0.2) is 66.9 Å². The molecule has 144 valence electrons. The average molecular weight is 390 g/mol. The van der Waals surface area contributed by atoms with Crippen molar-refractivity contribution in [1.29, 1.82) is 0 Å². The molecule has 1 aliphatic rings. The van der Waals surface area contributed by atoms with Gasteiger partial charge >= 0.3 is 5.97 Å². The molecule has 1 aromatic heterocycles. The van der Waals surface area contributed by atoms with E-state index in [1.165, 1.54) is 37.6 Å². The Morgan fingerprint density at radius 3 is 2.07 bits per heavy atom. The molecule has 0 spiro atoms. The van der Waals surface area contributed by atoms with Crippen molar-refractivity contribution in [2.24, 2.45) is 0 Å². The fourth-order valence-corrected chi connectivity index (χ4v) is 2.77. The largest absolute Gasteiger partial charge is 0.493 e. The Bertz CT molecular complexity index is 1080. The van der Waals surface area contributed by atoms with Gasteiger partial charge in [0.05, 0.1) is 24.4 Å². The second-order valence-corrected chi connectivity index (χ2v) is 5.96. The molecular formula is C21H14N2O6. The fourth-order valence-electron chi connectivity index (χ4n) is 2.77. The summed E-state index contributed by atoms with van der Waals surface area (Å²) in [5.41, 5.74) is 0.270. The number of hydrogen-bond donors (Lipinski definition) is 0. The molecule has 2 amide bonds. The van der Waals surface area contributed by atoms with Crippen LogP contribution < -0.4 is 9.47 Å². The first-order valence-corrected chi connectivity index (χ1v) is 8.55. The maximum Gasteiger partial charge on any atom is 0.382 e. The second kappa shape index (κ2) is 7.43. The van der Waals surface area contributed by atoms with E-state index in [1.807, 2.05) is 6.07 Å². The SMILES string of the molecule is COc1ccccc1Oc1ccc(C(=O)ON2C(=O)c3ccccc3C2=O)nc1. The van der Waals surface area contributed by atoms with Crippen LogP contribution in [-0.4, -0.2) is 34.9 Å². The molecule has 29 heavy (non-hydrogen) atoms. The van der Waals surface area contributed by atoms with Crippen LogP contribution in [0.3, 0.4) is 0 Å². The van der Waals surface area contributed by atoms with Gasteiger partial charge in [-0.25, -0.2) is 9.78 Å². The summed E-state index contributed by atoms with van der Waals surface area (Å²) in [4.78, 5) is 45.8. The number of methoxy groups -OCH3 is 1. The van der Waals surface area contributed by atoms with Crippen LogP contribution in [0.1, 0.15) is 31.2 Å². The molecule has 0 bridgehead atoms. The number of pyridine rings is 1. The highest BCUT2D eigenvalue weighted by atomic mass is 16.7. The number of rotatable bonds is 5. The van der Waals surface area contributed by atoms with Gasteiger partial charge < -0.3 is 14.3 Å². The zero-order valence-corrected chi connectivity index (χ0v) is 15.2. The van der Waals surface area contributed by atoms with Crippen LogP contribution in [0.4, 0.5) is 0 Å². The highest BCUT2D eigenvalue weighted by Gasteiger charge is 2.38. The van der Waals surface area contributed by atoms with E-state index in [1.54, 1.807) is 30.3 Å². The third kappa shape index (κ3) is 3.39. The molecule has 8 heteroatoms. The topological polar surface area (TPSA) is 95.0 Å². The van der Waals surface area contributed by atoms with E-state index in [4.69, 9.17) is 14.3 Å². The zero-order chi connectivity index (χ0) is 20.4. The monoisotopic (exact) mass is 390 g/mol. The lowest BCUT2D eigenvalue weighted by Crippen LogP contribution is -2.32. The molecule has 0 fully saturated rings. The standard InChI is InChI=1S/C21H14N2O6/c1-27-17-8-4-5-9-18(17)28-13-10-11-16(22-12-13)21(26)29-23-19(24)14-6-2-3-7-15(14)20(23)25/h2-12H,1H3. The van der Waals surface area contributed by atoms with Gasteiger partial charge in [-0.3, -0.25) is 9.59 Å². The highest BCUT2D eigenvalue weighted by molar-refractivity contribution is 6.21. The van der Waals surface area contributed by atoms with Crippen LogP contribution in [-0.2, 0) is 4.84 Å². The van der Waals surface area contributed by atoms with E-state index in [2.05, 4.69) is 4.98 Å². The predicted molar refractivity (Wildman–Crippen MR) is 99.7 cm³/mol. The molecule has 1 aliphatic heterocycles. The number of imide groups is 1. The van der Waals surface area contributed by atoms with Crippen molar-refractivity contribution in [1.82, 2.24) is 10.0 Å². The van der Waals surface area contributed by atoms with Crippen molar-refractivity contribution in [2.45, 2.75) is 0 Å². The van der Waals surface area contributed by atoms with Gasteiger partial charge in [0, 0.05) is 0 Å². The van der Waals surface area contributed by atoms with Gasteiger partial charge in [-0.2, -0.15) is 0 Å². The number of aromatic nitrogens is 1. The van der Waals surface area contributed by atoms with Gasteiger partial charge in [0.2, 0.25) is 0 Å². The summed E-state index contributed by atoms with van der Waals surface area (Å²) in [5, 5.41) is 0.438. The van der Waals surface area contributed by atoms with E-state index in [9.17, 15) is 14.4 Å². The Morgan fingerprint density at radius 1 is 0.862 bits per heavy atom. The summed E-state index contributed by atoms with van der Waals surface area (Å²) in [6.45, 7) is 0. The molecule has 0 radical (unpaired) electrons. The van der Waals surface area contributed by atoms with Crippen LogP contribution in [0.25, 0.3) is 0 Å². The first kappa shape index (κ1) is 18.2. The first-order chi connectivity index (χ1) is 14.1. The number of nitrogens with zero attached hydrogens (tertiary/aromatic N) is 2. The number of ether oxygens (including phenoxy) is 2. The van der Waals surface area contributed by atoms with Gasteiger partial charge in [0.15, 0.2) is 17.2 Å². The minimum Gasteiger partial charge on any atom is -0.493 e. The normalized spacial score (nSPS) is 12.5. The average Bonchev–Trinajstić information content (AvgIpc) is 3.00. The molecule has 2 aromatic carbocycles. The maximum absolute atomic E-state index is 12.3. The molecule has 0 unspecified atom stereocenters. The summed E-state index contributed by atoms with van der Waals surface area (Å²) in [6.07, 6.45) is 1.32. The quantitative estimate of drug-likeness (QED) is 0.617. The zero-order valence-electron chi connectivity index (χ0n) is 15.2. The van der Waals surface area contributed by atoms with Gasteiger partial charge in [-0.15, -0.1) is 0 Å². The lowest BCUT2D eigenvalue weighted by atomic mass is 10.1. The maximum atomic E-state index is 12.3. The highest BCUT2D eigenvalue weighted by Crippen LogP contribution is 2.30. The van der Waals surface area contributed by atoms with Crippen LogP contribution in [0.2, 0.25) is 0 Å². The molecule has 2 heterocycles. The van der Waals surface area contributed by atoms with Crippen LogP contribution in [0, 0.1) is 0 Å². The number of fused-ring (bicyclic) bond motifs is 1. The van der Waals surface area contributed by atoms with Gasteiger partial charge in [-0.1, -0.05) is 29.3 Å². The minimum atomic E-state index is -0.941. The molecule has 0 saturated carbocycles. The van der Waals surface area contributed by atoms with Crippen molar-refractivity contribution in [3.63, 3.8) is 0 Å². The summed E-state index contributed by atoms with van der Waals surface area (Å²) in [7, 11) is 1.53. The Kier molecular flexibility index (Phi) is 4.66. The van der Waals surface area contributed by atoms with Gasteiger partial charge in [-0.05, 0) is 36.4 Å². The Balaban J connectivity index is 1.47. The fraction of sp³-hybridized carbons (Fsp3) is 0.0476. The number of amides is 2. The smallest absolute Gasteiger partial charge is 0.382 e. The van der Waals surface area contributed by atoms with E-state index in [-0.39, 0.29) is 16.8 Å². The van der Waals surface area contributed by atoms with Crippen molar-refractivity contribution in [2.75, 3.05) is 7.11 Å². The summed E-state index contributed by atoms with van der Waals surface area (Å²) in [6, 6.07) is 16.2. The molecule has 0 saturated heterocycles. The molecule has 0 aliphatic carbocycles. The third-order valence-electron chi connectivity index (χ3n) is 4.17. The number of carbonyl (C=O) groups excluding carboxylic acids is 3. The van der Waals surface area contributed by atoms with Crippen molar-refractivity contribution in [3.05, 3.63) is 83.7 Å². The lowest BCUT2D eigenvalue weighted by Gasteiger charge is -2.12. The third-order valence-corrected chi connectivity index (χ3v) is 4.17. The number of para-hydroxylation sites is 2. The van der Waals surface area contributed by atoms with E-state index in [0.717, 1.165) is 0 Å². The first-order valence-electron chi connectivity index (χ1n) is 8.55. The molecule has 0 N–H and O–H groups in total. The Labute approximate surface area is 165 Å². The van der Waals surface area contributed by atoms with Gasteiger partial charge in [0.25, 0.3) is 11.8 Å². The molecule has 4 rings (SSSR count). The van der Waals surface area contributed by atoms with E-state index >= 15 is 0 Å². The van der Waals surface area contributed by atoms with E-state index in [0.29, 0.717) is 22.3 Å². The number of carbonyl (C=O) groups is 3. The predicted octanol–water partition coefficient (Wildman–Crippen LogP) is 3.25. The molecule has 0 atom stereocenters. The van der Waals surface area contributed by atoms with Crippen molar-refractivity contribution < 1.29 is 28.7 Å². The van der Waals surface area contributed by atoms with E-state index < -0.39 is 17.8 Å². The number of benzene rings is 2. The van der Waals surface area contributed by atoms with Crippen molar-refractivity contribution >= 4 is 17.8 Å². The minimum absolute atomic E-state index is 0.0890. The number of hydrogen-bond acceptors (Lipinski definition) is 7. The summed E-state index contributed by atoms with van der Waals surface area (Å²) in [5.74, 6) is -0.944.